The summed E-state index contributed by atoms with van der Waals surface area (Å²) in [7, 11) is -3.82. The number of hydrogen-bond donors (Lipinski definition) is 2. The van der Waals surface area contributed by atoms with Gasteiger partial charge in [-0.1, -0.05) is 29.8 Å². The Bertz CT molecular complexity index is 1160. The van der Waals surface area contributed by atoms with Crippen molar-refractivity contribution < 1.29 is 22.7 Å². The van der Waals surface area contributed by atoms with Gasteiger partial charge in [-0.15, -0.1) is 11.3 Å². The zero-order valence-corrected chi connectivity index (χ0v) is 16.9. The number of primary sulfonamides is 1. The molecule has 1 aromatic heterocycles. The summed E-state index contributed by atoms with van der Waals surface area (Å²) in [6.07, 6.45) is -1.09. The van der Waals surface area contributed by atoms with E-state index in [4.69, 9.17) is 21.5 Å². The number of hydrogen-bond acceptors (Lipinski definition) is 6. The topological polar surface area (TPSA) is 116 Å². The number of thiophene rings is 1. The summed E-state index contributed by atoms with van der Waals surface area (Å²) < 4.78 is 28.5. The molecule has 0 aliphatic carbocycles. The molecule has 3 rings (SSSR count). The van der Waals surface area contributed by atoms with Crippen LogP contribution in [0.1, 0.15) is 16.6 Å². The summed E-state index contributed by atoms with van der Waals surface area (Å²) in [6, 6.07) is 12.6. The van der Waals surface area contributed by atoms with Gasteiger partial charge in [0.25, 0.3) is 5.91 Å². The van der Waals surface area contributed by atoms with Gasteiger partial charge >= 0.3 is 5.97 Å². The Morgan fingerprint density at radius 2 is 1.79 bits per heavy atom. The molecule has 146 valence electrons. The predicted octanol–water partition coefficient (Wildman–Crippen LogP) is 3.39. The Labute approximate surface area is 170 Å². The first-order valence-electron chi connectivity index (χ1n) is 7.98. The smallest absolute Gasteiger partial charge is 0.350 e. The van der Waals surface area contributed by atoms with Gasteiger partial charge in [0, 0.05) is 15.8 Å². The SMILES string of the molecule is CC(OC(=O)c1sc2ccccc2c1Cl)C(=O)Nc1ccc(S(N)(=O)=O)cc1. The standard InChI is InChI=1S/C18H15ClN2O5S2/c1-10(17(22)21-11-6-8-12(9-7-11)28(20,24)25)26-18(23)16-15(19)13-4-2-3-5-14(13)27-16/h2-10H,1H3,(H,21,22)(H2,20,24,25). The Morgan fingerprint density at radius 3 is 2.39 bits per heavy atom. The number of ether oxygens (including phenoxy) is 1. The van der Waals surface area contributed by atoms with E-state index in [1.807, 2.05) is 18.2 Å². The van der Waals surface area contributed by atoms with E-state index in [-0.39, 0.29) is 14.8 Å². The molecular weight excluding hydrogens is 424 g/mol. The number of fused-ring (bicyclic) bond motifs is 1. The summed E-state index contributed by atoms with van der Waals surface area (Å²) in [5.74, 6) is -1.27. The molecule has 0 bridgehead atoms. The molecule has 0 aliphatic heterocycles. The first-order chi connectivity index (χ1) is 13.2. The summed E-state index contributed by atoms with van der Waals surface area (Å²) in [5, 5.41) is 8.59. The fourth-order valence-electron chi connectivity index (χ4n) is 2.38. The van der Waals surface area contributed by atoms with Gasteiger partial charge in [-0.25, -0.2) is 18.4 Å². The van der Waals surface area contributed by atoms with Gasteiger partial charge in [-0.05, 0) is 37.3 Å². The maximum atomic E-state index is 12.4. The molecule has 2 aromatic carbocycles. The molecule has 0 aliphatic rings. The van der Waals surface area contributed by atoms with Crippen LogP contribution in [0.3, 0.4) is 0 Å². The number of rotatable bonds is 5. The number of halogens is 1. The predicted molar refractivity (Wildman–Crippen MR) is 108 cm³/mol. The molecular formula is C18H15ClN2O5S2. The molecule has 1 atom stereocenters. The van der Waals surface area contributed by atoms with Crippen molar-refractivity contribution in [2.75, 3.05) is 5.32 Å². The average molecular weight is 439 g/mol. The minimum Gasteiger partial charge on any atom is -0.448 e. The largest absolute Gasteiger partial charge is 0.448 e. The highest BCUT2D eigenvalue weighted by Gasteiger charge is 2.23. The monoisotopic (exact) mass is 438 g/mol. The third-order valence-corrected chi connectivity index (χ3v) is 6.41. The van der Waals surface area contributed by atoms with Crippen molar-refractivity contribution in [1.29, 1.82) is 0 Å². The second-order valence-electron chi connectivity index (χ2n) is 5.85. The third-order valence-electron chi connectivity index (χ3n) is 3.82. The molecule has 3 N–H and O–H groups in total. The van der Waals surface area contributed by atoms with Crippen LogP contribution in [0.2, 0.25) is 5.02 Å². The first-order valence-corrected chi connectivity index (χ1v) is 10.7. The highest BCUT2D eigenvalue weighted by molar-refractivity contribution is 7.89. The summed E-state index contributed by atoms with van der Waals surface area (Å²) in [6.45, 7) is 1.42. The molecule has 1 unspecified atom stereocenters. The van der Waals surface area contributed by atoms with Crippen LogP contribution in [0.5, 0.6) is 0 Å². The lowest BCUT2D eigenvalue weighted by Gasteiger charge is -2.13. The van der Waals surface area contributed by atoms with Crippen LogP contribution >= 0.6 is 22.9 Å². The fourth-order valence-corrected chi connectivity index (χ4v) is 4.29. The van der Waals surface area contributed by atoms with Crippen molar-refractivity contribution in [3.05, 3.63) is 58.4 Å². The summed E-state index contributed by atoms with van der Waals surface area (Å²) in [5.41, 5.74) is 0.334. The number of nitrogens with two attached hydrogens (primary N) is 1. The second-order valence-corrected chi connectivity index (χ2v) is 8.84. The highest BCUT2D eigenvalue weighted by atomic mass is 35.5. The number of carbonyl (C=O) groups excluding carboxylic acids is 2. The number of amides is 1. The Hall–Kier alpha value is -2.46. The molecule has 3 aromatic rings. The van der Waals surface area contributed by atoms with Crippen molar-refractivity contribution in [2.45, 2.75) is 17.9 Å². The normalized spacial score (nSPS) is 12.5. The Kier molecular flexibility index (Phi) is 5.71. The number of benzene rings is 2. The van der Waals surface area contributed by atoms with Crippen LogP contribution in [0.4, 0.5) is 5.69 Å². The minimum atomic E-state index is -3.82. The number of nitrogens with one attached hydrogen (secondary N) is 1. The van der Waals surface area contributed by atoms with Crippen LogP contribution in [0, 0.1) is 0 Å². The molecule has 0 saturated heterocycles. The van der Waals surface area contributed by atoms with Crippen LogP contribution in [-0.4, -0.2) is 26.4 Å². The second kappa shape index (κ2) is 7.88. The van der Waals surface area contributed by atoms with Gasteiger partial charge in [-0.3, -0.25) is 4.79 Å². The van der Waals surface area contributed by atoms with Crippen LogP contribution < -0.4 is 10.5 Å². The molecule has 0 radical (unpaired) electrons. The molecule has 0 fully saturated rings. The third kappa shape index (κ3) is 4.33. The maximum Gasteiger partial charge on any atom is 0.350 e. The van der Waals surface area contributed by atoms with E-state index in [0.717, 1.165) is 10.1 Å². The number of esters is 1. The van der Waals surface area contributed by atoms with Crippen molar-refractivity contribution >= 4 is 60.6 Å². The molecule has 28 heavy (non-hydrogen) atoms. The fraction of sp³-hybridized carbons (Fsp3) is 0.111. The van der Waals surface area contributed by atoms with Crippen LogP contribution in [0.15, 0.2) is 53.4 Å². The van der Waals surface area contributed by atoms with Gasteiger partial charge < -0.3 is 10.1 Å². The molecule has 0 spiro atoms. The molecule has 1 heterocycles. The van der Waals surface area contributed by atoms with E-state index in [0.29, 0.717) is 5.69 Å². The van der Waals surface area contributed by atoms with Gasteiger partial charge in [0.15, 0.2) is 6.10 Å². The lowest BCUT2D eigenvalue weighted by atomic mass is 10.2. The van der Waals surface area contributed by atoms with E-state index in [1.165, 1.54) is 42.5 Å². The Morgan fingerprint density at radius 1 is 1.14 bits per heavy atom. The van der Waals surface area contributed by atoms with Crippen molar-refractivity contribution in [1.82, 2.24) is 0 Å². The number of carbonyl (C=O) groups is 2. The van der Waals surface area contributed by atoms with Gasteiger partial charge in [0.1, 0.15) is 4.88 Å². The number of sulfonamides is 1. The molecule has 7 nitrogen and oxygen atoms in total. The molecule has 0 saturated carbocycles. The summed E-state index contributed by atoms with van der Waals surface area (Å²) >= 11 is 7.43. The minimum absolute atomic E-state index is 0.0793. The van der Waals surface area contributed by atoms with Crippen molar-refractivity contribution in [2.24, 2.45) is 5.14 Å². The van der Waals surface area contributed by atoms with Gasteiger partial charge in [0.05, 0.1) is 9.92 Å². The zero-order chi connectivity index (χ0) is 20.5. The Balaban J connectivity index is 1.68. The van der Waals surface area contributed by atoms with Gasteiger partial charge in [-0.2, -0.15) is 0 Å². The van der Waals surface area contributed by atoms with E-state index in [9.17, 15) is 18.0 Å². The van der Waals surface area contributed by atoms with E-state index >= 15 is 0 Å². The quantitative estimate of drug-likeness (QED) is 0.592. The van der Waals surface area contributed by atoms with Crippen molar-refractivity contribution in [3.8, 4) is 0 Å². The molecule has 1 amide bonds. The van der Waals surface area contributed by atoms with Gasteiger partial charge in [0.2, 0.25) is 10.0 Å². The highest BCUT2D eigenvalue weighted by Crippen LogP contribution is 2.35. The van der Waals surface area contributed by atoms with E-state index < -0.39 is 28.0 Å². The average Bonchev–Trinajstić information content (AvgIpc) is 2.98. The lowest BCUT2D eigenvalue weighted by molar-refractivity contribution is -0.123. The maximum absolute atomic E-state index is 12.4. The van der Waals surface area contributed by atoms with Crippen LogP contribution in [-0.2, 0) is 19.6 Å². The van der Waals surface area contributed by atoms with Crippen LogP contribution in [0.25, 0.3) is 10.1 Å². The lowest BCUT2D eigenvalue weighted by Crippen LogP contribution is -2.29. The van der Waals surface area contributed by atoms with E-state index in [1.54, 1.807) is 6.07 Å². The van der Waals surface area contributed by atoms with Crippen molar-refractivity contribution in [3.63, 3.8) is 0 Å². The van der Waals surface area contributed by atoms with E-state index in [2.05, 4.69) is 5.32 Å². The number of anilines is 1. The molecule has 10 heteroatoms. The zero-order valence-electron chi connectivity index (χ0n) is 14.5. The summed E-state index contributed by atoms with van der Waals surface area (Å²) in [4.78, 5) is 24.8. The first kappa shape index (κ1) is 20.3.